The summed E-state index contributed by atoms with van der Waals surface area (Å²) in [6.07, 6.45) is 2.06. The Kier molecular flexibility index (Phi) is 4.54. The van der Waals surface area contributed by atoms with Crippen LogP contribution in [0.2, 0.25) is 10.2 Å². The zero-order valence-electron chi connectivity index (χ0n) is 11.1. The molecular formula is C12H13Cl2N5O2. The first-order valence-electron chi connectivity index (χ1n) is 6.04. The number of rotatable bonds is 4. The van der Waals surface area contributed by atoms with Crippen LogP contribution in [-0.4, -0.2) is 41.3 Å². The molecule has 1 aliphatic rings. The van der Waals surface area contributed by atoms with E-state index in [0.29, 0.717) is 13.0 Å². The predicted octanol–water partition coefficient (Wildman–Crippen LogP) is 1.11. The predicted molar refractivity (Wildman–Crippen MR) is 80.2 cm³/mol. The summed E-state index contributed by atoms with van der Waals surface area (Å²) in [6.45, 7) is 0.336. The molecule has 0 unspecified atom stereocenters. The molecule has 0 saturated heterocycles. The van der Waals surface area contributed by atoms with Crippen LogP contribution >= 0.6 is 23.2 Å². The quantitative estimate of drug-likeness (QED) is 0.569. The van der Waals surface area contributed by atoms with Gasteiger partial charge in [-0.2, -0.15) is 0 Å². The minimum absolute atomic E-state index is 0.158. The average molecular weight is 330 g/mol. The Morgan fingerprint density at radius 1 is 1.57 bits per heavy atom. The first-order valence-corrected chi connectivity index (χ1v) is 6.80. The van der Waals surface area contributed by atoms with Gasteiger partial charge in [0.2, 0.25) is 5.96 Å². The van der Waals surface area contributed by atoms with Gasteiger partial charge < -0.3 is 16.0 Å². The van der Waals surface area contributed by atoms with Crippen molar-refractivity contribution in [1.29, 1.82) is 0 Å². The van der Waals surface area contributed by atoms with Crippen molar-refractivity contribution in [3.63, 3.8) is 0 Å². The topological polar surface area (TPSA) is 104 Å². The number of likely N-dealkylation sites (N-methyl/N-ethyl adjacent to an activating group) is 1. The van der Waals surface area contributed by atoms with E-state index in [1.165, 1.54) is 11.0 Å². The van der Waals surface area contributed by atoms with Crippen molar-refractivity contribution in [1.82, 2.24) is 15.2 Å². The minimum Gasteiger partial charge on any atom is -0.369 e. The Morgan fingerprint density at radius 2 is 2.29 bits per heavy atom. The van der Waals surface area contributed by atoms with Crippen molar-refractivity contribution < 1.29 is 9.59 Å². The fraction of sp³-hybridized carbons (Fsp3) is 0.250. The summed E-state index contributed by atoms with van der Waals surface area (Å²) in [5.74, 6) is -0.437. The van der Waals surface area contributed by atoms with Gasteiger partial charge in [-0.1, -0.05) is 29.3 Å². The van der Waals surface area contributed by atoms with Gasteiger partial charge in [0.15, 0.2) is 0 Å². The summed E-state index contributed by atoms with van der Waals surface area (Å²) in [5.41, 5.74) is 6.07. The van der Waals surface area contributed by atoms with E-state index in [1.54, 1.807) is 13.1 Å². The lowest BCUT2D eigenvalue weighted by Gasteiger charge is -2.05. The second-order valence-corrected chi connectivity index (χ2v) is 5.10. The number of carbonyl (C=O) groups excluding carboxylic acids is 2. The molecule has 7 nitrogen and oxygen atoms in total. The molecule has 9 heteroatoms. The highest BCUT2D eigenvalue weighted by molar-refractivity contribution is 6.41. The number of nitrogens with one attached hydrogen (secondary N) is 2. The molecule has 21 heavy (non-hydrogen) atoms. The van der Waals surface area contributed by atoms with Crippen molar-refractivity contribution in [2.45, 2.75) is 6.42 Å². The van der Waals surface area contributed by atoms with Gasteiger partial charge in [-0.3, -0.25) is 14.5 Å². The number of amides is 2. The molecule has 1 aromatic heterocycles. The zero-order valence-corrected chi connectivity index (χ0v) is 12.6. The molecular weight excluding hydrogens is 317 g/mol. The normalized spacial score (nSPS) is 16.5. The highest BCUT2D eigenvalue weighted by Crippen LogP contribution is 2.21. The molecule has 0 saturated carbocycles. The standard InChI is InChI=1S/C12H13Cl2N5O2/c1-19-11(21)7(18-12(19)15)3-2-4-16-10(20)8-5-6(13)9(14)17-8/h3,5,17H,2,4H2,1H3,(H2,15,18)(H,16,20)/b7-3-. The Morgan fingerprint density at radius 3 is 2.81 bits per heavy atom. The lowest BCUT2D eigenvalue weighted by molar-refractivity contribution is -0.121. The zero-order chi connectivity index (χ0) is 15.6. The molecule has 2 heterocycles. The number of aliphatic imine (C=N–C) groups is 1. The van der Waals surface area contributed by atoms with Gasteiger partial charge in [-0.05, 0) is 12.5 Å². The number of aromatic nitrogens is 1. The van der Waals surface area contributed by atoms with E-state index in [2.05, 4.69) is 15.3 Å². The largest absolute Gasteiger partial charge is 0.369 e. The van der Waals surface area contributed by atoms with E-state index in [0.717, 1.165) is 0 Å². The molecule has 0 fully saturated rings. The number of H-pyrrole nitrogens is 1. The van der Waals surface area contributed by atoms with Gasteiger partial charge >= 0.3 is 0 Å². The fourth-order valence-corrected chi connectivity index (χ4v) is 1.98. The highest BCUT2D eigenvalue weighted by Gasteiger charge is 2.24. The average Bonchev–Trinajstić information content (AvgIpc) is 2.90. The van der Waals surface area contributed by atoms with Crippen LogP contribution in [0.15, 0.2) is 22.8 Å². The summed E-state index contributed by atoms with van der Waals surface area (Å²) in [7, 11) is 1.54. The van der Waals surface area contributed by atoms with Gasteiger partial charge in [0.05, 0.1) is 5.02 Å². The summed E-state index contributed by atoms with van der Waals surface area (Å²) >= 11 is 11.5. The maximum Gasteiger partial charge on any atom is 0.278 e. The molecule has 0 aliphatic carbocycles. The van der Waals surface area contributed by atoms with E-state index >= 15 is 0 Å². The third-order valence-electron chi connectivity index (χ3n) is 2.84. The molecule has 0 bridgehead atoms. The van der Waals surface area contributed by atoms with E-state index in [1.807, 2.05) is 0 Å². The molecule has 2 amide bonds. The molecule has 1 aromatic rings. The van der Waals surface area contributed by atoms with Gasteiger partial charge in [0.1, 0.15) is 16.5 Å². The third-order valence-corrected chi connectivity index (χ3v) is 3.53. The Hall–Kier alpha value is -1.99. The van der Waals surface area contributed by atoms with Crippen molar-refractivity contribution in [2.24, 2.45) is 10.7 Å². The molecule has 4 N–H and O–H groups in total. The number of guanidine groups is 1. The second-order valence-electron chi connectivity index (χ2n) is 4.31. The summed E-state index contributed by atoms with van der Waals surface area (Å²) in [5, 5.41) is 3.17. The Balaban J connectivity index is 1.85. The third kappa shape index (κ3) is 3.37. The van der Waals surface area contributed by atoms with Crippen molar-refractivity contribution in [3.8, 4) is 0 Å². The number of aromatic amines is 1. The van der Waals surface area contributed by atoms with Crippen LogP contribution in [0, 0.1) is 0 Å². The lowest BCUT2D eigenvalue weighted by Crippen LogP contribution is -2.33. The smallest absolute Gasteiger partial charge is 0.278 e. The van der Waals surface area contributed by atoms with Crippen LogP contribution < -0.4 is 11.1 Å². The van der Waals surface area contributed by atoms with Crippen LogP contribution in [-0.2, 0) is 4.79 Å². The van der Waals surface area contributed by atoms with Crippen LogP contribution in [0.4, 0.5) is 0 Å². The van der Waals surface area contributed by atoms with E-state index in [-0.39, 0.29) is 39.3 Å². The molecule has 112 valence electrons. The summed E-state index contributed by atoms with van der Waals surface area (Å²) < 4.78 is 0. The maximum absolute atomic E-state index is 11.8. The monoisotopic (exact) mass is 329 g/mol. The number of carbonyl (C=O) groups is 2. The van der Waals surface area contributed by atoms with Crippen LogP contribution in [0.1, 0.15) is 16.9 Å². The molecule has 0 radical (unpaired) electrons. The van der Waals surface area contributed by atoms with Gasteiger partial charge in [0, 0.05) is 13.6 Å². The Bertz CT molecular complexity index is 631. The van der Waals surface area contributed by atoms with Crippen LogP contribution in [0.5, 0.6) is 0 Å². The van der Waals surface area contributed by atoms with E-state index < -0.39 is 0 Å². The number of hydrogen-bond acceptors (Lipinski definition) is 4. The molecule has 0 atom stereocenters. The summed E-state index contributed by atoms with van der Waals surface area (Å²) in [4.78, 5) is 31.2. The van der Waals surface area contributed by atoms with E-state index in [4.69, 9.17) is 28.9 Å². The molecule has 0 aromatic carbocycles. The molecule has 2 rings (SSSR count). The first-order chi connectivity index (χ1) is 9.90. The maximum atomic E-state index is 11.8. The van der Waals surface area contributed by atoms with Crippen LogP contribution in [0.3, 0.4) is 0 Å². The molecule has 0 spiro atoms. The van der Waals surface area contributed by atoms with Gasteiger partial charge in [-0.15, -0.1) is 0 Å². The van der Waals surface area contributed by atoms with E-state index in [9.17, 15) is 9.59 Å². The van der Waals surface area contributed by atoms with Crippen molar-refractivity contribution in [3.05, 3.63) is 33.7 Å². The number of hydrogen-bond donors (Lipinski definition) is 3. The van der Waals surface area contributed by atoms with Crippen molar-refractivity contribution in [2.75, 3.05) is 13.6 Å². The lowest BCUT2D eigenvalue weighted by atomic mass is 10.3. The second kappa shape index (κ2) is 6.19. The van der Waals surface area contributed by atoms with Crippen LogP contribution in [0.25, 0.3) is 0 Å². The number of nitrogens with zero attached hydrogens (tertiary/aromatic N) is 2. The summed E-state index contributed by atoms with van der Waals surface area (Å²) in [6, 6.07) is 1.44. The first kappa shape index (κ1) is 15.4. The molecule has 1 aliphatic heterocycles. The van der Waals surface area contributed by atoms with Gasteiger partial charge in [-0.25, -0.2) is 4.99 Å². The Labute approximate surface area is 130 Å². The number of halogens is 2. The highest BCUT2D eigenvalue weighted by atomic mass is 35.5. The van der Waals surface area contributed by atoms with Gasteiger partial charge in [0.25, 0.3) is 11.8 Å². The number of nitrogens with two attached hydrogens (primary N) is 1. The minimum atomic E-state index is -0.333. The fourth-order valence-electron chi connectivity index (χ4n) is 1.67. The van der Waals surface area contributed by atoms with Crippen molar-refractivity contribution >= 4 is 41.0 Å². The SMILES string of the molecule is CN1C(=O)/C(=C/CCNC(=O)c2cc(Cl)c(Cl)[nH]2)N=C1N.